The first-order valence-corrected chi connectivity index (χ1v) is 10.2. The van der Waals surface area contributed by atoms with Crippen LogP contribution in [0.15, 0.2) is 79.9 Å². The van der Waals surface area contributed by atoms with Crippen molar-refractivity contribution in [3.8, 4) is 22.9 Å². The normalized spacial score (nSPS) is 15.9. The van der Waals surface area contributed by atoms with Crippen LogP contribution in [0.2, 0.25) is 0 Å². The van der Waals surface area contributed by atoms with Crippen LogP contribution < -0.4 is 4.74 Å². The number of aromatic nitrogens is 4. The number of imidazole rings is 1. The molecule has 0 radical (unpaired) electrons. The van der Waals surface area contributed by atoms with Crippen molar-refractivity contribution in [2.75, 3.05) is 6.54 Å². The van der Waals surface area contributed by atoms with Crippen LogP contribution in [0, 0.1) is 0 Å². The highest BCUT2D eigenvalue weighted by atomic mass is 16.5. The zero-order valence-corrected chi connectivity index (χ0v) is 16.9. The summed E-state index contributed by atoms with van der Waals surface area (Å²) < 4.78 is 7.80. The molecule has 7 heteroatoms. The van der Waals surface area contributed by atoms with Crippen molar-refractivity contribution in [3.63, 3.8) is 0 Å². The Hall–Kier alpha value is -4.00. The van der Waals surface area contributed by atoms with Crippen LogP contribution in [0.1, 0.15) is 24.7 Å². The molecule has 0 aliphatic carbocycles. The van der Waals surface area contributed by atoms with Crippen LogP contribution in [0.3, 0.4) is 0 Å². The quantitative estimate of drug-likeness (QED) is 0.454. The molecule has 5 rings (SSSR count). The second kappa shape index (κ2) is 8.02. The Balaban J connectivity index is 1.51. The number of carbonyl (C=O) groups excluding carboxylic acids is 1. The summed E-state index contributed by atoms with van der Waals surface area (Å²) in [6.45, 7) is 4.34. The van der Waals surface area contributed by atoms with E-state index in [-0.39, 0.29) is 11.9 Å². The minimum atomic E-state index is -0.0946. The summed E-state index contributed by atoms with van der Waals surface area (Å²) in [4.78, 5) is 27.8. The predicted molar refractivity (Wildman–Crippen MR) is 117 cm³/mol. The van der Waals surface area contributed by atoms with E-state index >= 15 is 0 Å². The Morgan fingerprint density at radius 3 is 2.81 bits per heavy atom. The van der Waals surface area contributed by atoms with Gasteiger partial charge in [-0.25, -0.2) is 9.97 Å². The van der Waals surface area contributed by atoms with Crippen LogP contribution in [-0.4, -0.2) is 36.7 Å². The molecule has 154 valence electrons. The maximum atomic E-state index is 12.3. The SMILES string of the molecule is C=CC(=O)N1CCCC1c1nc(-c2ccc(Oc3ccccc3)nc2)c2cnccn12. The fourth-order valence-corrected chi connectivity index (χ4v) is 4.02. The minimum absolute atomic E-state index is 0.0704. The number of hydrogen-bond donors (Lipinski definition) is 0. The number of likely N-dealkylation sites (tertiary alicyclic amines) is 1. The van der Waals surface area contributed by atoms with Gasteiger partial charge in [0.15, 0.2) is 0 Å². The second-order valence-corrected chi connectivity index (χ2v) is 7.34. The topological polar surface area (TPSA) is 72.6 Å². The zero-order chi connectivity index (χ0) is 21.2. The predicted octanol–water partition coefficient (Wildman–Crippen LogP) is 4.43. The Labute approximate surface area is 179 Å². The number of hydrogen-bond acceptors (Lipinski definition) is 5. The lowest BCUT2D eigenvalue weighted by Crippen LogP contribution is -2.29. The third kappa shape index (κ3) is 3.54. The molecule has 4 heterocycles. The molecular formula is C24H21N5O2. The van der Waals surface area contributed by atoms with Gasteiger partial charge in [0.05, 0.1) is 23.4 Å². The molecule has 1 aromatic carbocycles. The maximum absolute atomic E-state index is 12.3. The average molecular weight is 411 g/mol. The Bertz CT molecular complexity index is 1230. The van der Waals surface area contributed by atoms with Gasteiger partial charge in [-0.05, 0) is 37.1 Å². The van der Waals surface area contributed by atoms with Crippen molar-refractivity contribution in [3.05, 3.63) is 85.7 Å². The van der Waals surface area contributed by atoms with Gasteiger partial charge >= 0.3 is 0 Å². The minimum Gasteiger partial charge on any atom is -0.439 e. The molecule has 0 spiro atoms. The number of para-hydroxylation sites is 1. The van der Waals surface area contributed by atoms with E-state index < -0.39 is 0 Å². The van der Waals surface area contributed by atoms with Gasteiger partial charge < -0.3 is 9.64 Å². The van der Waals surface area contributed by atoms with E-state index in [2.05, 4.69) is 16.5 Å². The van der Waals surface area contributed by atoms with E-state index in [0.717, 1.165) is 41.2 Å². The zero-order valence-electron chi connectivity index (χ0n) is 16.9. The van der Waals surface area contributed by atoms with Gasteiger partial charge in [0, 0.05) is 36.8 Å². The Morgan fingerprint density at radius 1 is 1.16 bits per heavy atom. The third-order valence-corrected chi connectivity index (χ3v) is 5.46. The molecule has 0 saturated carbocycles. The first-order chi connectivity index (χ1) is 15.2. The highest BCUT2D eigenvalue weighted by Gasteiger charge is 2.32. The van der Waals surface area contributed by atoms with Crippen molar-refractivity contribution in [2.24, 2.45) is 0 Å². The number of fused-ring (bicyclic) bond motifs is 1. The van der Waals surface area contributed by atoms with Crippen molar-refractivity contribution in [1.29, 1.82) is 0 Å². The van der Waals surface area contributed by atoms with Crippen LogP contribution in [0.4, 0.5) is 0 Å². The van der Waals surface area contributed by atoms with Gasteiger partial charge in [-0.1, -0.05) is 24.8 Å². The smallest absolute Gasteiger partial charge is 0.246 e. The summed E-state index contributed by atoms with van der Waals surface area (Å²) in [7, 11) is 0. The molecule has 1 atom stereocenters. The van der Waals surface area contributed by atoms with E-state index in [9.17, 15) is 4.79 Å². The lowest BCUT2D eigenvalue weighted by Gasteiger charge is -2.22. The molecular weight excluding hydrogens is 390 g/mol. The largest absolute Gasteiger partial charge is 0.439 e. The highest BCUT2D eigenvalue weighted by molar-refractivity contribution is 5.87. The number of rotatable bonds is 5. The highest BCUT2D eigenvalue weighted by Crippen LogP contribution is 2.35. The van der Waals surface area contributed by atoms with E-state index in [0.29, 0.717) is 12.4 Å². The van der Waals surface area contributed by atoms with Crippen LogP contribution in [-0.2, 0) is 4.79 Å². The maximum Gasteiger partial charge on any atom is 0.246 e. The van der Waals surface area contributed by atoms with Crippen molar-refractivity contribution in [2.45, 2.75) is 18.9 Å². The molecule has 0 bridgehead atoms. The fourth-order valence-electron chi connectivity index (χ4n) is 4.02. The number of carbonyl (C=O) groups is 1. The van der Waals surface area contributed by atoms with Crippen molar-refractivity contribution in [1.82, 2.24) is 24.3 Å². The molecule has 4 aromatic rings. The number of benzene rings is 1. The first kappa shape index (κ1) is 19.0. The van der Waals surface area contributed by atoms with Crippen molar-refractivity contribution >= 4 is 11.4 Å². The van der Waals surface area contributed by atoms with Gasteiger partial charge in [0.25, 0.3) is 0 Å². The molecule has 3 aromatic heterocycles. The standard InChI is InChI=1S/C24H21N5O2/c1-2-22(30)28-13-6-9-19(28)24-27-23(20-16-25-12-14-29(20)24)17-10-11-21(26-15-17)31-18-7-4-3-5-8-18/h2-5,7-8,10-12,14-16,19H,1,6,9,13H2. The van der Waals surface area contributed by atoms with E-state index in [1.54, 1.807) is 18.6 Å². The molecule has 0 N–H and O–H groups in total. The monoisotopic (exact) mass is 411 g/mol. The van der Waals surface area contributed by atoms with E-state index in [1.165, 1.54) is 6.08 Å². The first-order valence-electron chi connectivity index (χ1n) is 10.2. The van der Waals surface area contributed by atoms with Crippen molar-refractivity contribution < 1.29 is 9.53 Å². The molecule has 7 nitrogen and oxygen atoms in total. The summed E-state index contributed by atoms with van der Waals surface area (Å²) in [5, 5.41) is 0. The van der Waals surface area contributed by atoms with E-state index in [4.69, 9.17) is 9.72 Å². The number of nitrogens with zero attached hydrogens (tertiary/aromatic N) is 5. The van der Waals surface area contributed by atoms with Crippen LogP contribution in [0.25, 0.3) is 16.8 Å². The molecule has 1 amide bonds. The summed E-state index contributed by atoms with van der Waals surface area (Å²) in [6.07, 6.45) is 10.3. The molecule has 1 saturated heterocycles. The van der Waals surface area contributed by atoms with Gasteiger partial charge in [-0.3, -0.25) is 14.2 Å². The van der Waals surface area contributed by atoms with Gasteiger partial charge in [0.2, 0.25) is 11.8 Å². The molecule has 31 heavy (non-hydrogen) atoms. The molecule has 1 unspecified atom stereocenters. The number of amides is 1. The Morgan fingerprint density at radius 2 is 2.03 bits per heavy atom. The summed E-state index contributed by atoms with van der Waals surface area (Å²) >= 11 is 0. The fraction of sp³-hybridized carbons (Fsp3) is 0.167. The summed E-state index contributed by atoms with van der Waals surface area (Å²) in [6, 6.07) is 13.2. The number of ether oxygens (including phenoxy) is 1. The molecule has 1 aliphatic heterocycles. The second-order valence-electron chi connectivity index (χ2n) is 7.34. The van der Waals surface area contributed by atoms with E-state index in [1.807, 2.05) is 58.0 Å². The average Bonchev–Trinajstić information content (AvgIpc) is 3.45. The lowest BCUT2D eigenvalue weighted by atomic mass is 10.2. The third-order valence-electron chi connectivity index (χ3n) is 5.46. The molecule has 1 fully saturated rings. The Kier molecular flexibility index (Phi) is 4.92. The summed E-state index contributed by atoms with van der Waals surface area (Å²) in [5.41, 5.74) is 2.51. The van der Waals surface area contributed by atoms with Crippen LogP contribution in [0.5, 0.6) is 11.6 Å². The van der Waals surface area contributed by atoms with Gasteiger partial charge in [-0.2, -0.15) is 0 Å². The number of pyridine rings is 1. The van der Waals surface area contributed by atoms with Crippen LogP contribution >= 0.6 is 0 Å². The molecule has 1 aliphatic rings. The van der Waals surface area contributed by atoms with Gasteiger partial charge in [-0.15, -0.1) is 0 Å². The lowest BCUT2D eigenvalue weighted by molar-refractivity contribution is -0.127. The summed E-state index contributed by atoms with van der Waals surface area (Å²) in [5.74, 6) is 1.99. The van der Waals surface area contributed by atoms with Gasteiger partial charge in [0.1, 0.15) is 11.6 Å².